The van der Waals surface area contributed by atoms with Gasteiger partial charge < -0.3 is 10.6 Å². The van der Waals surface area contributed by atoms with E-state index in [1.807, 2.05) is 30.3 Å². The van der Waals surface area contributed by atoms with Crippen LogP contribution in [-0.4, -0.2) is 16.9 Å². The number of hydrogen-bond donors (Lipinski definition) is 2. The average molecular weight is 344 g/mol. The number of halogens is 1. The predicted octanol–water partition coefficient (Wildman–Crippen LogP) is 4.41. The van der Waals surface area contributed by atoms with Gasteiger partial charge in [-0.3, -0.25) is 9.78 Å². The van der Waals surface area contributed by atoms with Crippen molar-refractivity contribution in [1.82, 2.24) is 10.3 Å². The summed E-state index contributed by atoms with van der Waals surface area (Å²) >= 11 is 6.11. The van der Waals surface area contributed by atoms with E-state index in [4.69, 9.17) is 11.6 Å². The van der Waals surface area contributed by atoms with Gasteiger partial charge in [-0.25, -0.2) is 0 Å². The Morgan fingerprint density at radius 3 is 2.75 bits per heavy atom. The normalized spacial score (nSPS) is 15.0. The first-order chi connectivity index (χ1) is 11.7. The molecular weight excluding hydrogens is 322 g/mol. The zero-order chi connectivity index (χ0) is 16.8. The summed E-state index contributed by atoms with van der Waals surface area (Å²) in [7, 11) is 0. The van der Waals surface area contributed by atoms with Gasteiger partial charge in [-0.1, -0.05) is 49.1 Å². The van der Waals surface area contributed by atoms with Crippen LogP contribution in [0.5, 0.6) is 0 Å². The summed E-state index contributed by atoms with van der Waals surface area (Å²) in [6.07, 6.45) is 9.59. The van der Waals surface area contributed by atoms with Crippen LogP contribution in [0.4, 0.5) is 5.69 Å². The molecule has 0 radical (unpaired) electrons. The molecule has 24 heavy (non-hydrogen) atoms. The SMILES string of the molecule is O=C(NCc1ccccc1Cl)c1cncc(NC2CCCCC2)c1. The number of pyridine rings is 1. The maximum atomic E-state index is 12.4. The Kier molecular flexibility index (Phi) is 5.70. The molecule has 0 saturated heterocycles. The molecule has 0 spiro atoms. The molecule has 1 aliphatic rings. The molecule has 0 unspecified atom stereocenters. The van der Waals surface area contributed by atoms with E-state index in [0.29, 0.717) is 23.2 Å². The number of rotatable bonds is 5. The highest BCUT2D eigenvalue weighted by atomic mass is 35.5. The van der Waals surface area contributed by atoms with Crippen LogP contribution in [0.1, 0.15) is 48.0 Å². The lowest BCUT2D eigenvalue weighted by Gasteiger charge is -2.23. The molecule has 1 saturated carbocycles. The van der Waals surface area contributed by atoms with E-state index in [2.05, 4.69) is 15.6 Å². The van der Waals surface area contributed by atoms with E-state index >= 15 is 0 Å². The molecule has 2 N–H and O–H groups in total. The number of anilines is 1. The molecule has 1 aromatic carbocycles. The highest BCUT2D eigenvalue weighted by Gasteiger charge is 2.14. The number of hydrogen-bond acceptors (Lipinski definition) is 3. The van der Waals surface area contributed by atoms with Gasteiger partial charge in [0.05, 0.1) is 11.3 Å². The molecule has 4 nitrogen and oxygen atoms in total. The van der Waals surface area contributed by atoms with Crippen LogP contribution in [0.25, 0.3) is 0 Å². The van der Waals surface area contributed by atoms with E-state index in [1.165, 1.54) is 32.1 Å². The lowest BCUT2D eigenvalue weighted by molar-refractivity contribution is 0.0950. The second kappa shape index (κ2) is 8.15. The van der Waals surface area contributed by atoms with E-state index in [0.717, 1.165) is 11.3 Å². The number of carbonyl (C=O) groups excluding carboxylic acids is 1. The van der Waals surface area contributed by atoms with Gasteiger partial charge in [0, 0.05) is 30.0 Å². The summed E-state index contributed by atoms with van der Waals surface area (Å²) in [5.74, 6) is -0.144. The van der Waals surface area contributed by atoms with E-state index < -0.39 is 0 Å². The molecule has 1 heterocycles. The average Bonchev–Trinajstić information content (AvgIpc) is 2.62. The molecule has 0 aliphatic heterocycles. The van der Waals surface area contributed by atoms with Crippen LogP contribution >= 0.6 is 11.6 Å². The van der Waals surface area contributed by atoms with Crippen molar-refractivity contribution in [2.75, 3.05) is 5.32 Å². The Morgan fingerprint density at radius 1 is 1.17 bits per heavy atom. The fraction of sp³-hybridized carbons (Fsp3) is 0.368. The summed E-state index contributed by atoms with van der Waals surface area (Å²) in [5, 5.41) is 7.05. The quantitative estimate of drug-likeness (QED) is 0.845. The van der Waals surface area contributed by atoms with E-state index in [9.17, 15) is 4.79 Å². The second-order valence-electron chi connectivity index (χ2n) is 6.22. The number of aromatic nitrogens is 1. The summed E-state index contributed by atoms with van der Waals surface area (Å²) in [5.41, 5.74) is 2.37. The summed E-state index contributed by atoms with van der Waals surface area (Å²) in [4.78, 5) is 16.5. The van der Waals surface area contributed by atoms with Crippen LogP contribution < -0.4 is 10.6 Å². The van der Waals surface area contributed by atoms with E-state index in [-0.39, 0.29) is 5.91 Å². The van der Waals surface area contributed by atoms with Gasteiger partial charge in [0.1, 0.15) is 0 Å². The first kappa shape index (κ1) is 16.8. The minimum atomic E-state index is -0.144. The highest BCUT2D eigenvalue weighted by molar-refractivity contribution is 6.31. The van der Waals surface area contributed by atoms with E-state index in [1.54, 1.807) is 12.4 Å². The van der Waals surface area contributed by atoms with Crippen molar-refractivity contribution in [1.29, 1.82) is 0 Å². The second-order valence-corrected chi connectivity index (χ2v) is 6.62. The Hall–Kier alpha value is -2.07. The van der Waals surface area contributed by atoms with Gasteiger partial charge in [0.15, 0.2) is 0 Å². The molecule has 0 bridgehead atoms. The topological polar surface area (TPSA) is 54.0 Å². The van der Waals surface area contributed by atoms with Crippen molar-refractivity contribution in [3.63, 3.8) is 0 Å². The van der Waals surface area contributed by atoms with Crippen LogP contribution in [0, 0.1) is 0 Å². The van der Waals surface area contributed by atoms with Crippen molar-refractivity contribution in [2.45, 2.75) is 44.7 Å². The van der Waals surface area contributed by atoms with Gasteiger partial charge in [-0.05, 0) is 30.5 Å². The molecule has 2 aromatic rings. The van der Waals surface area contributed by atoms with Gasteiger partial charge >= 0.3 is 0 Å². The largest absolute Gasteiger partial charge is 0.381 e. The molecule has 1 amide bonds. The number of amides is 1. The molecule has 0 atom stereocenters. The molecular formula is C19H22ClN3O. The molecule has 3 rings (SSSR count). The fourth-order valence-electron chi connectivity index (χ4n) is 3.04. The minimum absolute atomic E-state index is 0.144. The van der Waals surface area contributed by atoms with Crippen molar-refractivity contribution < 1.29 is 4.79 Å². The Morgan fingerprint density at radius 2 is 1.96 bits per heavy atom. The first-order valence-corrected chi connectivity index (χ1v) is 8.83. The zero-order valence-corrected chi connectivity index (χ0v) is 14.4. The Bertz CT molecular complexity index is 699. The number of carbonyl (C=O) groups is 1. The van der Waals surface area contributed by atoms with Gasteiger partial charge in [-0.15, -0.1) is 0 Å². The standard InChI is InChI=1S/C19H22ClN3O/c20-18-9-5-4-6-14(18)12-22-19(24)15-10-17(13-21-11-15)23-16-7-2-1-3-8-16/h4-6,9-11,13,16,23H,1-3,7-8,12H2,(H,22,24). The fourth-order valence-corrected chi connectivity index (χ4v) is 3.25. The van der Waals surface area contributed by atoms with Crippen molar-refractivity contribution in [2.24, 2.45) is 0 Å². The van der Waals surface area contributed by atoms with Gasteiger partial charge in [0.25, 0.3) is 5.91 Å². The highest BCUT2D eigenvalue weighted by Crippen LogP contribution is 2.21. The molecule has 5 heteroatoms. The Balaban J connectivity index is 1.60. The molecule has 1 fully saturated rings. The molecule has 1 aliphatic carbocycles. The maximum absolute atomic E-state index is 12.4. The Labute approximate surface area is 147 Å². The third-order valence-electron chi connectivity index (χ3n) is 4.37. The van der Waals surface area contributed by atoms with Crippen molar-refractivity contribution in [3.8, 4) is 0 Å². The number of nitrogens with zero attached hydrogens (tertiary/aromatic N) is 1. The summed E-state index contributed by atoms with van der Waals surface area (Å²) < 4.78 is 0. The van der Waals surface area contributed by atoms with Gasteiger partial charge in [0.2, 0.25) is 0 Å². The molecule has 126 valence electrons. The smallest absolute Gasteiger partial charge is 0.253 e. The van der Waals surface area contributed by atoms with Crippen molar-refractivity contribution >= 4 is 23.2 Å². The summed E-state index contributed by atoms with van der Waals surface area (Å²) in [6, 6.07) is 9.86. The first-order valence-electron chi connectivity index (χ1n) is 8.45. The van der Waals surface area contributed by atoms with Crippen LogP contribution in [0.15, 0.2) is 42.7 Å². The predicted molar refractivity (Wildman–Crippen MR) is 97.4 cm³/mol. The van der Waals surface area contributed by atoms with Crippen LogP contribution in [-0.2, 0) is 6.54 Å². The molecule has 1 aromatic heterocycles. The zero-order valence-electron chi connectivity index (χ0n) is 13.6. The third kappa shape index (κ3) is 4.48. The monoisotopic (exact) mass is 343 g/mol. The summed E-state index contributed by atoms with van der Waals surface area (Å²) in [6.45, 7) is 0.402. The lowest BCUT2D eigenvalue weighted by Crippen LogP contribution is -2.24. The number of benzene rings is 1. The van der Waals surface area contributed by atoms with Crippen molar-refractivity contribution in [3.05, 3.63) is 58.9 Å². The lowest BCUT2D eigenvalue weighted by atomic mass is 9.95. The van der Waals surface area contributed by atoms with Gasteiger partial charge in [-0.2, -0.15) is 0 Å². The van der Waals surface area contributed by atoms with Crippen LogP contribution in [0.3, 0.4) is 0 Å². The maximum Gasteiger partial charge on any atom is 0.253 e. The third-order valence-corrected chi connectivity index (χ3v) is 4.74. The minimum Gasteiger partial charge on any atom is -0.381 e. The van der Waals surface area contributed by atoms with Crippen LogP contribution in [0.2, 0.25) is 5.02 Å². The number of nitrogens with one attached hydrogen (secondary N) is 2.